The number of hydrogen-bond acceptors (Lipinski definition) is 4. The molecule has 16 heavy (non-hydrogen) atoms. The Kier molecular flexibility index (Phi) is 3.24. The Balaban J connectivity index is 1.71. The number of amides is 1. The minimum atomic E-state index is -0.0515. The molecule has 1 unspecified atom stereocenters. The molecule has 1 saturated carbocycles. The van der Waals surface area contributed by atoms with Crippen LogP contribution in [-0.4, -0.2) is 23.7 Å². The van der Waals surface area contributed by atoms with E-state index in [1.807, 2.05) is 0 Å². The number of aryl methyl sites for hydroxylation is 1. The first-order valence-corrected chi connectivity index (χ1v) is 5.59. The van der Waals surface area contributed by atoms with Gasteiger partial charge in [0.05, 0.1) is 12.1 Å². The molecule has 0 aromatic carbocycles. The Morgan fingerprint density at radius 1 is 1.75 bits per heavy atom. The van der Waals surface area contributed by atoms with E-state index in [1.54, 1.807) is 13.0 Å². The standard InChI is InChI=1S/C11H17N3O2/c1-7-4-9(14-16-7)5-11(15)13-6-10(12)8-2-3-8/h4,8,10H,2-3,5-6,12H2,1H3,(H,13,15). The highest BCUT2D eigenvalue weighted by Gasteiger charge is 2.28. The number of nitrogens with zero attached hydrogens (tertiary/aromatic N) is 1. The number of aromatic nitrogens is 1. The van der Waals surface area contributed by atoms with Crippen LogP contribution in [0.15, 0.2) is 10.6 Å². The van der Waals surface area contributed by atoms with Gasteiger partial charge in [-0.25, -0.2) is 0 Å². The molecule has 2 rings (SSSR count). The fourth-order valence-corrected chi connectivity index (χ4v) is 1.65. The topological polar surface area (TPSA) is 81.2 Å². The molecule has 3 N–H and O–H groups in total. The zero-order valence-corrected chi connectivity index (χ0v) is 9.40. The maximum atomic E-state index is 11.5. The zero-order chi connectivity index (χ0) is 11.5. The second kappa shape index (κ2) is 4.65. The predicted molar refractivity (Wildman–Crippen MR) is 58.7 cm³/mol. The van der Waals surface area contributed by atoms with E-state index in [2.05, 4.69) is 10.5 Å². The summed E-state index contributed by atoms with van der Waals surface area (Å²) in [7, 11) is 0. The molecule has 0 saturated heterocycles. The molecule has 1 heterocycles. The van der Waals surface area contributed by atoms with Gasteiger partial charge in [0, 0.05) is 18.7 Å². The Bertz CT molecular complexity index is 371. The minimum absolute atomic E-state index is 0.0515. The van der Waals surface area contributed by atoms with Crippen LogP contribution in [0, 0.1) is 12.8 Å². The quantitative estimate of drug-likeness (QED) is 0.756. The van der Waals surface area contributed by atoms with E-state index in [0.29, 0.717) is 18.2 Å². The summed E-state index contributed by atoms with van der Waals surface area (Å²) in [5.74, 6) is 1.27. The van der Waals surface area contributed by atoms with E-state index in [1.165, 1.54) is 12.8 Å². The van der Waals surface area contributed by atoms with E-state index in [4.69, 9.17) is 10.3 Å². The van der Waals surface area contributed by atoms with E-state index < -0.39 is 0 Å². The largest absolute Gasteiger partial charge is 0.361 e. The van der Waals surface area contributed by atoms with Gasteiger partial charge >= 0.3 is 0 Å². The molecule has 1 aliphatic rings. The lowest BCUT2D eigenvalue weighted by molar-refractivity contribution is -0.120. The normalized spacial score (nSPS) is 17.1. The van der Waals surface area contributed by atoms with Gasteiger partial charge in [-0.1, -0.05) is 5.16 Å². The molecule has 88 valence electrons. The summed E-state index contributed by atoms with van der Waals surface area (Å²) in [4.78, 5) is 11.5. The highest BCUT2D eigenvalue weighted by atomic mass is 16.5. The van der Waals surface area contributed by atoms with Crippen LogP contribution >= 0.6 is 0 Å². The van der Waals surface area contributed by atoms with Crippen molar-refractivity contribution in [3.63, 3.8) is 0 Å². The van der Waals surface area contributed by atoms with Crippen LogP contribution < -0.4 is 11.1 Å². The molecule has 1 fully saturated rings. The lowest BCUT2D eigenvalue weighted by atomic mass is 10.2. The first kappa shape index (κ1) is 11.1. The molecule has 0 spiro atoms. The predicted octanol–water partition coefficient (Wildman–Crippen LogP) is 0.379. The molecule has 1 amide bonds. The maximum Gasteiger partial charge on any atom is 0.226 e. The molecule has 1 atom stereocenters. The SMILES string of the molecule is Cc1cc(CC(=O)NCC(N)C2CC2)no1. The van der Waals surface area contributed by atoms with Gasteiger partial charge in [0.1, 0.15) is 5.76 Å². The van der Waals surface area contributed by atoms with Crippen LogP contribution in [-0.2, 0) is 11.2 Å². The average Bonchev–Trinajstić information content (AvgIpc) is 3.01. The highest BCUT2D eigenvalue weighted by molar-refractivity contribution is 5.78. The van der Waals surface area contributed by atoms with Gasteiger partial charge in [-0.2, -0.15) is 0 Å². The van der Waals surface area contributed by atoms with Crippen LogP contribution in [0.5, 0.6) is 0 Å². The molecule has 5 nitrogen and oxygen atoms in total. The highest BCUT2D eigenvalue weighted by Crippen LogP contribution is 2.31. The second-order valence-electron chi connectivity index (χ2n) is 4.41. The number of rotatable bonds is 5. The third-order valence-corrected chi connectivity index (χ3v) is 2.78. The van der Waals surface area contributed by atoms with Crippen molar-refractivity contribution < 1.29 is 9.32 Å². The summed E-state index contributed by atoms with van der Waals surface area (Å²) in [6.07, 6.45) is 2.65. The van der Waals surface area contributed by atoms with Crippen molar-refractivity contribution in [2.24, 2.45) is 11.7 Å². The van der Waals surface area contributed by atoms with E-state index in [-0.39, 0.29) is 18.4 Å². The van der Waals surface area contributed by atoms with Crippen LogP contribution in [0.1, 0.15) is 24.3 Å². The van der Waals surface area contributed by atoms with Gasteiger partial charge in [-0.05, 0) is 25.7 Å². The summed E-state index contributed by atoms with van der Waals surface area (Å²) in [5.41, 5.74) is 6.54. The van der Waals surface area contributed by atoms with Gasteiger partial charge in [-0.3, -0.25) is 4.79 Å². The fourth-order valence-electron chi connectivity index (χ4n) is 1.65. The molecule has 0 bridgehead atoms. The van der Waals surface area contributed by atoms with Gasteiger partial charge in [0.2, 0.25) is 5.91 Å². The summed E-state index contributed by atoms with van der Waals surface area (Å²) in [5, 5.41) is 6.58. The van der Waals surface area contributed by atoms with Crippen molar-refractivity contribution in [1.82, 2.24) is 10.5 Å². The lowest BCUT2D eigenvalue weighted by Crippen LogP contribution is -2.39. The molecular formula is C11H17N3O2. The number of carbonyl (C=O) groups is 1. The third-order valence-electron chi connectivity index (χ3n) is 2.78. The van der Waals surface area contributed by atoms with Crippen molar-refractivity contribution in [1.29, 1.82) is 0 Å². The van der Waals surface area contributed by atoms with Gasteiger partial charge in [0.25, 0.3) is 0 Å². The smallest absolute Gasteiger partial charge is 0.226 e. The fraction of sp³-hybridized carbons (Fsp3) is 0.636. The van der Waals surface area contributed by atoms with Gasteiger partial charge < -0.3 is 15.6 Å². The molecule has 1 aromatic rings. The number of nitrogens with two attached hydrogens (primary N) is 1. The zero-order valence-electron chi connectivity index (χ0n) is 9.40. The summed E-state index contributed by atoms with van der Waals surface area (Å²) in [6.45, 7) is 2.36. The molecule has 1 aromatic heterocycles. The number of hydrogen-bond donors (Lipinski definition) is 2. The van der Waals surface area contributed by atoms with Crippen LogP contribution in [0.25, 0.3) is 0 Å². The summed E-state index contributed by atoms with van der Waals surface area (Å²) >= 11 is 0. The summed E-state index contributed by atoms with van der Waals surface area (Å²) in [6, 6.07) is 1.86. The minimum Gasteiger partial charge on any atom is -0.361 e. The number of carbonyl (C=O) groups excluding carboxylic acids is 1. The summed E-state index contributed by atoms with van der Waals surface area (Å²) < 4.78 is 4.88. The first-order valence-electron chi connectivity index (χ1n) is 5.59. The Labute approximate surface area is 94.4 Å². The van der Waals surface area contributed by atoms with Crippen molar-refractivity contribution >= 4 is 5.91 Å². The van der Waals surface area contributed by atoms with E-state index >= 15 is 0 Å². The lowest BCUT2D eigenvalue weighted by Gasteiger charge is -2.10. The monoisotopic (exact) mass is 223 g/mol. The average molecular weight is 223 g/mol. The van der Waals surface area contributed by atoms with E-state index in [9.17, 15) is 4.79 Å². The van der Waals surface area contributed by atoms with Crippen molar-refractivity contribution in [2.75, 3.05) is 6.54 Å². The number of nitrogens with one attached hydrogen (secondary N) is 1. The van der Waals surface area contributed by atoms with Gasteiger partial charge in [-0.15, -0.1) is 0 Å². The van der Waals surface area contributed by atoms with Crippen molar-refractivity contribution in [2.45, 2.75) is 32.2 Å². The Morgan fingerprint density at radius 3 is 3.06 bits per heavy atom. The van der Waals surface area contributed by atoms with Crippen molar-refractivity contribution in [3.05, 3.63) is 17.5 Å². The molecule has 5 heteroatoms. The van der Waals surface area contributed by atoms with Crippen LogP contribution in [0.2, 0.25) is 0 Å². The third kappa shape index (κ3) is 3.06. The Hall–Kier alpha value is -1.36. The molecular weight excluding hydrogens is 206 g/mol. The van der Waals surface area contributed by atoms with E-state index in [0.717, 1.165) is 5.76 Å². The van der Waals surface area contributed by atoms with Crippen LogP contribution in [0.4, 0.5) is 0 Å². The Morgan fingerprint density at radius 2 is 2.50 bits per heavy atom. The van der Waals surface area contributed by atoms with Gasteiger partial charge in [0.15, 0.2) is 0 Å². The molecule has 0 radical (unpaired) electrons. The first-order chi connectivity index (χ1) is 7.65. The maximum absolute atomic E-state index is 11.5. The molecule has 0 aliphatic heterocycles. The second-order valence-corrected chi connectivity index (χ2v) is 4.41. The van der Waals surface area contributed by atoms with Crippen molar-refractivity contribution in [3.8, 4) is 0 Å². The van der Waals surface area contributed by atoms with Crippen LogP contribution in [0.3, 0.4) is 0 Å². The molecule has 1 aliphatic carbocycles.